The van der Waals surface area contributed by atoms with E-state index in [-0.39, 0.29) is 18.5 Å². The van der Waals surface area contributed by atoms with Crippen LogP contribution in [0.5, 0.6) is 0 Å². The van der Waals surface area contributed by atoms with Crippen LogP contribution in [0.3, 0.4) is 0 Å². The summed E-state index contributed by atoms with van der Waals surface area (Å²) in [6.07, 6.45) is 0.320. The van der Waals surface area contributed by atoms with Gasteiger partial charge in [0.05, 0.1) is 11.7 Å². The lowest BCUT2D eigenvalue weighted by Crippen LogP contribution is -2.51. The number of halogens is 2. The maximum absolute atomic E-state index is 13.5. The Labute approximate surface area is 96.0 Å². The standard InChI is InChI=1S/C11H10F2N2O2/c12-6-1-3-9(7(13)5-6)15-10(16)4-2-8(14)11(15)17/h1,3,5,8H,2,4,14H2. The molecule has 4 nitrogen and oxygen atoms in total. The first-order chi connectivity index (χ1) is 8.00. The summed E-state index contributed by atoms with van der Waals surface area (Å²) in [5.74, 6) is -2.91. The van der Waals surface area contributed by atoms with Gasteiger partial charge in [0.1, 0.15) is 11.6 Å². The van der Waals surface area contributed by atoms with Gasteiger partial charge in [-0.25, -0.2) is 13.7 Å². The number of nitrogens with zero attached hydrogens (tertiary/aromatic N) is 1. The van der Waals surface area contributed by atoms with Crippen LogP contribution in [-0.4, -0.2) is 17.9 Å². The van der Waals surface area contributed by atoms with E-state index in [9.17, 15) is 18.4 Å². The molecule has 2 rings (SSSR count). The van der Waals surface area contributed by atoms with Crippen molar-refractivity contribution in [2.24, 2.45) is 5.73 Å². The second-order valence-electron chi connectivity index (χ2n) is 3.81. The zero-order chi connectivity index (χ0) is 12.6. The summed E-state index contributed by atoms with van der Waals surface area (Å²) in [5, 5.41) is 0. The fourth-order valence-corrected chi connectivity index (χ4v) is 1.72. The molecule has 1 atom stereocenters. The molecule has 17 heavy (non-hydrogen) atoms. The van der Waals surface area contributed by atoms with Crippen molar-refractivity contribution in [3.05, 3.63) is 29.8 Å². The molecule has 90 valence electrons. The molecular weight excluding hydrogens is 230 g/mol. The van der Waals surface area contributed by atoms with Gasteiger partial charge in [-0.3, -0.25) is 9.59 Å². The minimum atomic E-state index is -0.958. The number of hydrogen-bond donors (Lipinski definition) is 1. The van der Waals surface area contributed by atoms with Gasteiger partial charge >= 0.3 is 0 Å². The van der Waals surface area contributed by atoms with E-state index in [1.54, 1.807) is 0 Å². The van der Waals surface area contributed by atoms with Crippen LogP contribution in [0, 0.1) is 11.6 Å². The third-order valence-corrected chi connectivity index (χ3v) is 2.61. The molecule has 2 amide bonds. The summed E-state index contributed by atoms with van der Waals surface area (Å²) in [6, 6.07) is 1.84. The van der Waals surface area contributed by atoms with Gasteiger partial charge < -0.3 is 5.73 Å². The smallest absolute Gasteiger partial charge is 0.250 e. The van der Waals surface area contributed by atoms with Crippen molar-refractivity contribution in [3.63, 3.8) is 0 Å². The monoisotopic (exact) mass is 240 g/mol. The molecule has 1 aromatic rings. The molecule has 0 spiro atoms. The summed E-state index contributed by atoms with van der Waals surface area (Å²) >= 11 is 0. The number of nitrogens with two attached hydrogens (primary N) is 1. The summed E-state index contributed by atoms with van der Waals surface area (Å²) in [5.41, 5.74) is 5.26. The van der Waals surface area contributed by atoms with Gasteiger partial charge in [0.25, 0.3) is 5.91 Å². The number of carbonyl (C=O) groups excluding carboxylic acids is 2. The van der Waals surface area contributed by atoms with Crippen molar-refractivity contribution >= 4 is 17.5 Å². The number of rotatable bonds is 1. The second kappa shape index (κ2) is 4.21. The minimum Gasteiger partial charge on any atom is -0.320 e. The van der Waals surface area contributed by atoms with Crippen LogP contribution in [-0.2, 0) is 9.59 Å². The molecule has 1 aliphatic heterocycles. The van der Waals surface area contributed by atoms with Crippen LogP contribution in [0.2, 0.25) is 0 Å². The molecule has 0 aromatic heterocycles. The lowest BCUT2D eigenvalue weighted by molar-refractivity contribution is -0.130. The number of benzene rings is 1. The zero-order valence-corrected chi connectivity index (χ0v) is 8.82. The molecule has 1 unspecified atom stereocenters. The van der Waals surface area contributed by atoms with Crippen LogP contribution < -0.4 is 10.6 Å². The van der Waals surface area contributed by atoms with E-state index in [1.807, 2.05) is 0 Å². The Balaban J connectivity index is 2.43. The van der Waals surface area contributed by atoms with E-state index in [0.717, 1.165) is 12.1 Å². The Hall–Kier alpha value is -1.82. The number of anilines is 1. The third kappa shape index (κ3) is 2.03. The molecule has 1 heterocycles. The Morgan fingerprint density at radius 2 is 2.00 bits per heavy atom. The number of imide groups is 1. The average Bonchev–Trinajstić information content (AvgIpc) is 2.27. The van der Waals surface area contributed by atoms with Crippen molar-refractivity contribution in [1.82, 2.24) is 0 Å². The van der Waals surface area contributed by atoms with Gasteiger partial charge in [0, 0.05) is 12.5 Å². The fraction of sp³-hybridized carbons (Fsp3) is 0.273. The topological polar surface area (TPSA) is 63.4 Å². The van der Waals surface area contributed by atoms with Crippen molar-refractivity contribution in [1.29, 1.82) is 0 Å². The first kappa shape index (κ1) is 11.7. The number of hydrogen-bond acceptors (Lipinski definition) is 3. The highest BCUT2D eigenvalue weighted by atomic mass is 19.1. The lowest BCUT2D eigenvalue weighted by Gasteiger charge is -2.28. The van der Waals surface area contributed by atoms with Crippen LogP contribution in [0.15, 0.2) is 18.2 Å². The third-order valence-electron chi connectivity index (χ3n) is 2.61. The van der Waals surface area contributed by atoms with E-state index in [2.05, 4.69) is 0 Å². The molecule has 2 N–H and O–H groups in total. The highest BCUT2D eigenvalue weighted by Crippen LogP contribution is 2.25. The summed E-state index contributed by atoms with van der Waals surface area (Å²) in [6.45, 7) is 0. The Bertz CT molecular complexity index is 490. The van der Waals surface area contributed by atoms with Gasteiger partial charge in [0.15, 0.2) is 0 Å². The highest BCUT2D eigenvalue weighted by molar-refractivity contribution is 6.18. The van der Waals surface area contributed by atoms with Gasteiger partial charge in [0.2, 0.25) is 5.91 Å². The van der Waals surface area contributed by atoms with Crippen LogP contribution in [0.25, 0.3) is 0 Å². The van der Waals surface area contributed by atoms with Crippen molar-refractivity contribution < 1.29 is 18.4 Å². The largest absolute Gasteiger partial charge is 0.320 e. The maximum atomic E-state index is 13.5. The van der Waals surface area contributed by atoms with Gasteiger partial charge in [-0.15, -0.1) is 0 Å². The van der Waals surface area contributed by atoms with E-state index < -0.39 is 29.5 Å². The summed E-state index contributed by atoms with van der Waals surface area (Å²) in [7, 11) is 0. The van der Waals surface area contributed by atoms with Crippen molar-refractivity contribution in [3.8, 4) is 0 Å². The summed E-state index contributed by atoms with van der Waals surface area (Å²) < 4.78 is 26.2. The maximum Gasteiger partial charge on any atom is 0.250 e. The van der Waals surface area contributed by atoms with Gasteiger partial charge in [-0.05, 0) is 18.6 Å². The van der Waals surface area contributed by atoms with Crippen molar-refractivity contribution in [2.45, 2.75) is 18.9 Å². The van der Waals surface area contributed by atoms with Gasteiger partial charge in [-0.1, -0.05) is 0 Å². The van der Waals surface area contributed by atoms with Crippen LogP contribution in [0.1, 0.15) is 12.8 Å². The predicted octanol–water partition coefficient (Wildman–Crippen LogP) is 0.945. The molecule has 0 aliphatic carbocycles. The Morgan fingerprint density at radius 1 is 1.29 bits per heavy atom. The lowest BCUT2D eigenvalue weighted by atomic mass is 10.0. The first-order valence-corrected chi connectivity index (χ1v) is 5.08. The molecule has 0 saturated carbocycles. The quantitative estimate of drug-likeness (QED) is 0.743. The zero-order valence-electron chi connectivity index (χ0n) is 8.82. The number of amides is 2. The fourth-order valence-electron chi connectivity index (χ4n) is 1.72. The Kier molecular flexibility index (Phi) is 2.89. The Morgan fingerprint density at radius 3 is 2.65 bits per heavy atom. The van der Waals surface area contributed by atoms with Gasteiger partial charge in [-0.2, -0.15) is 0 Å². The molecule has 1 aromatic carbocycles. The van der Waals surface area contributed by atoms with E-state index in [0.29, 0.717) is 11.0 Å². The SMILES string of the molecule is NC1CCC(=O)N(c2ccc(F)cc2F)C1=O. The van der Waals surface area contributed by atoms with E-state index >= 15 is 0 Å². The molecule has 1 fully saturated rings. The van der Waals surface area contributed by atoms with E-state index in [1.165, 1.54) is 0 Å². The predicted molar refractivity (Wildman–Crippen MR) is 56.1 cm³/mol. The number of carbonyl (C=O) groups is 2. The average molecular weight is 240 g/mol. The molecule has 1 aliphatic rings. The molecule has 6 heteroatoms. The van der Waals surface area contributed by atoms with Crippen LogP contribution >= 0.6 is 0 Å². The normalized spacial score (nSPS) is 20.9. The van der Waals surface area contributed by atoms with Crippen LogP contribution in [0.4, 0.5) is 14.5 Å². The van der Waals surface area contributed by atoms with Crippen molar-refractivity contribution in [2.75, 3.05) is 4.90 Å². The first-order valence-electron chi connectivity index (χ1n) is 5.08. The minimum absolute atomic E-state index is 0.0731. The summed E-state index contributed by atoms with van der Waals surface area (Å²) in [4.78, 5) is 24.0. The molecule has 0 bridgehead atoms. The molecule has 1 saturated heterocycles. The molecular formula is C11H10F2N2O2. The highest BCUT2D eigenvalue weighted by Gasteiger charge is 2.34. The second-order valence-corrected chi connectivity index (χ2v) is 3.81. The molecule has 0 radical (unpaired) electrons. The number of piperidine rings is 1. The van der Waals surface area contributed by atoms with E-state index in [4.69, 9.17) is 5.73 Å².